The molecular weight excluding hydrogens is 271 g/mol. The maximum Gasteiger partial charge on any atom is 0.337 e. The van der Waals surface area contributed by atoms with E-state index in [4.69, 9.17) is 5.11 Å². The lowest BCUT2D eigenvalue weighted by Crippen LogP contribution is -2.05. The Bertz CT molecular complexity index is 686. The number of hydrogen-bond acceptors (Lipinski definition) is 2. The molecule has 2 aromatic rings. The van der Waals surface area contributed by atoms with Crippen LogP contribution in [0.25, 0.3) is 0 Å². The monoisotopic (exact) mass is 281 g/mol. The molecule has 0 amide bonds. The van der Waals surface area contributed by atoms with E-state index in [2.05, 4.69) is 5.32 Å². The number of halogens is 3. The van der Waals surface area contributed by atoms with E-state index in [1.807, 2.05) is 0 Å². The number of benzene rings is 2. The quantitative estimate of drug-likeness (QED) is 0.840. The zero-order valence-corrected chi connectivity index (χ0v) is 10.4. The van der Waals surface area contributed by atoms with E-state index >= 15 is 0 Å². The molecule has 0 atom stereocenters. The second-order valence-corrected chi connectivity index (χ2v) is 4.23. The molecule has 0 heterocycles. The fourth-order valence-electron chi connectivity index (χ4n) is 1.74. The van der Waals surface area contributed by atoms with Crippen LogP contribution in [0.3, 0.4) is 0 Å². The Kier molecular flexibility index (Phi) is 3.65. The Balaban J connectivity index is 2.50. The molecule has 3 nitrogen and oxygen atoms in total. The van der Waals surface area contributed by atoms with Crippen LogP contribution in [-0.2, 0) is 0 Å². The van der Waals surface area contributed by atoms with Gasteiger partial charge in [0.25, 0.3) is 0 Å². The summed E-state index contributed by atoms with van der Waals surface area (Å²) in [5, 5.41) is 11.4. The van der Waals surface area contributed by atoms with Crippen molar-refractivity contribution in [3.63, 3.8) is 0 Å². The van der Waals surface area contributed by atoms with Crippen LogP contribution in [0, 0.1) is 24.4 Å². The van der Waals surface area contributed by atoms with E-state index in [1.54, 1.807) is 13.0 Å². The number of aryl methyl sites for hydroxylation is 1. The van der Waals surface area contributed by atoms with E-state index in [-0.39, 0.29) is 11.3 Å². The van der Waals surface area contributed by atoms with Gasteiger partial charge in [-0.25, -0.2) is 18.0 Å². The Hall–Kier alpha value is -2.50. The minimum atomic E-state index is -1.35. The van der Waals surface area contributed by atoms with Crippen molar-refractivity contribution in [1.82, 2.24) is 0 Å². The molecule has 0 aliphatic rings. The summed E-state index contributed by atoms with van der Waals surface area (Å²) in [6, 6.07) is 5.51. The fraction of sp³-hybridized carbons (Fsp3) is 0.0714. The average molecular weight is 281 g/mol. The minimum absolute atomic E-state index is 0.0569. The summed E-state index contributed by atoms with van der Waals surface area (Å²) in [5.74, 6) is -4.82. The second-order valence-electron chi connectivity index (χ2n) is 4.23. The third kappa shape index (κ3) is 2.74. The lowest BCUT2D eigenvalue weighted by atomic mass is 10.1. The first kappa shape index (κ1) is 13.9. The van der Waals surface area contributed by atoms with Crippen molar-refractivity contribution in [3.05, 3.63) is 58.9 Å². The molecule has 0 fully saturated rings. The Morgan fingerprint density at radius 1 is 1.10 bits per heavy atom. The van der Waals surface area contributed by atoms with Gasteiger partial charge in [0.05, 0.1) is 16.9 Å². The van der Waals surface area contributed by atoms with Gasteiger partial charge < -0.3 is 10.4 Å². The smallest absolute Gasteiger partial charge is 0.337 e. The lowest BCUT2D eigenvalue weighted by Gasteiger charge is -2.12. The highest BCUT2D eigenvalue weighted by Crippen LogP contribution is 2.26. The molecule has 6 heteroatoms. The van der Waals surface area contributed by atoms with Crippen molar-refractivity contribution in [2.45, 2.75) is 6.92 Å². The standard InChI is InChI=1S/C14H10F3NO2/c1-7-2-3-9(14(19)20)11(4-7)18-12-6-8(15)5-10(16)13(12)17/h2-6,18H,1H3,(H,19,20). The molecule has 0 spiro atoms. The fourth-order valence-corrected chi connectivity index (χ4v) is 1.74. The van der Waals surface area contributed by atoms with Crippen LogP contribution in [0.4, 0.5) is 24.5 Å². The number of aromatic carboxylic acids is 1. The number of nitrogens with one attached hydrogen (secondary N) is 1. The molecule has 104 valence electrons. The molecule has 0 saturated heterocycles. The number of hydrogen-bond donors (Lipinski definition) is 2. The van der Waals surface area contributed by atoms with E-state index in [0.717, 1.165) is 11.6 Å². The molecule has 0 saturated carbocycles. The molecule has 0 aliphatic carbocycles. The summed E-state index contributed by atoms with van der Waals surface area (Å²) in [6.45, 7) is 1.71. The summed E-state index contributed by atoms with van der Waals surface area (Å²) < 4.78 is 39.7. The topological polar surface area (TPSA) is 49.3 Å². The van der Waals surface area contributed by atoms with Crippen molar-refractivity contribution in [2.24, 2.45) is 0 Å². The van der Waals surface area contributed by atoms with Crippen molar-refractivity contribution >= 4 is 17.3 Å². The van der Waals surface area contributed by atoms with Crippen LogP contribution in [0.5, 0.6) is 0 Å². The average Bonchev–Trinajstić information content (AvgIpc) is 2.35. The van der Waals surface area contributed by atoms with Crippen LogP contribution in [0.1, 0.15) is 15.9 Å². The third-order valence-corrected chi connectivity index (χ3v) is 2.67. The highest BCUT2D eigenvalue weighted by molar-refractivity contribution is 5.95. The van der Waals surface area contributed by atoms with Crippen LogP contribution >= 0.6 is 0 Å². The van der Waals surface area contributed by atoms with Crippen molar-refractivity contribution < 1.29 is 23.1 Å². The second kappa shape index (κ2) is 5.24. The molecule has 0 unspecified atom stereocenters. The van der Waals surface area contributed by atoms with Gasteiger partial charge in [-0.05, 0) is 24.6 Å². The minimum Gasteiger partial charge on any atom is -0.478 e. The first-order chi connectivity index (χ1) is 9.38. The summed E-state index contributed by atoms with van der Waals surface area (Å²) >= 11 is 0. The van der Waals surface area contributed by atoms with Crippen molar-refractivity contribution in [2.75, 3.05) is 5.32 Å². The molecule has 2 rings (SSSR count). The van der Waals surface area contributed by atoms with E-state index in [1.165, 1.54) is 12.1 Å². The number of anilines is 2. The van der Waals surface area contributed by atoms with Gasteiger partial charge in [-0.2, -0.15) is 0 Å². The number of carboxylic acids is 1. The zero-order chi connectivity index (χ0) is 14.9. The summed E-state index contributed by atoms with van der Waals surface area (Å²) in [6.07, 6.45) is 0. The van der Waals surface area contributed by atoms with E-state index in [0.29, 0.717) is 6.07 Å². The normalized spacial score (nSPS) is 10.4. The molecular formula is C14H10F3NO2. The SMILES string of the molecule is Cc1ccc(C(=O)O)c(Nc2cc(F)cc(F)c2F)c1. The summed E-state index contributed by atoms with van der Waals surface area (Å²) in [7, 11) is 0. The van der Waals surface area contributed by atoms with E-state index < -0.39 is 29.1 Å². The molecule has 20 heavy (non-hydrogen) atoms. The van der Waals surface area contributed by atoms with Crippen LogP contribution in [0.2, 0.25) is 0 Å². The Labute approximate surface area is 112 Å². The predicted octanol–water partition coefficient (Wildman–Crippen LogP) is 3.85. The van der Waals surface area contributed by atoms with E-state index in [9.17, 15) is 18.0 Å². The molecule has 0 bridgehead atoms. The van der Waals surface area contributed by atoms with Crippen molar-refractivity contribution in [1.29, 1.82) is 0 Å². The lowest BCUT2D eigenvalue weighted by molar-refractivity contribution is 0.0698. The maximum atomic E-state index is 13.5. The van der Waals surface area contributed by atoms with Gasteiger partial charge >= 0.3 is 5.97 Å². The maximum absolute atomic E-state index is 13.5. The molecule has 0 aliphatic heterocycles. The zero-order valence-electron chi connectivity index (χ0n) is 10.4. The van der Waals surface area contributed by atoms with Gasteiger partial charge in [0, 0.05) is 12.1 Å². The summed E-state index contributed by atoms with van der Waals surface area (Å²) in [4.78, 5) is 11.1. The molecule has 0 aromatic heterocycles. The highest BCUT2D eigenvalue weighted by Gasteiger charge is 2.15. The largest absolute Gasteiger partial charge is 0.478 e. The summed E-state index contributed by atoms with van der Waals surface area (Å²) in [5.41, 5.74) is 0.187. The first-order valence-corrected chi connectivity index (χ1v) is 5.64. The van der Waals surface area contributed by atoms with Crippen LogP contribution in [0.15, 0.2) is 30.3 Å². The number of carbonyl (C=O) groups is 1. The van der Waals surface area contributed by atoms with Crippen molar-refractivity contribution in [3.8, 4) is 0 Å². The van der Waals surface area contributed by atoms with Gasteiger partial charge in [-0.15, -0.1) is 0 Å². The van der Waals surface area contributed by atoms with Gasteiger partial charge in [-0.1, -0.05) is 6.07 Å². The third-order valence-electron chi connectivity index (χ3n) is 2.67. The Morgan fingerprint density at radius 3 is 2.45 bits per heavy atom. The number of carboxylic acid groups (broad SMARTS) is 1. The van der Waals surface area contributed by atoms with Gasteiger partial charge in [0.15, 0.2) is 11.6 Å². The van der Waals surface area contributed by atoms with Crippen LogP contribution < -0.4 is 5.32 Å². The van der Waals surface area contributed by atoms with Gasteiger partial charge in [0.2, 0.25) is 0 Å². The number of rotatable bonds is 3. The predicted molar refractivity (Wildman–Crippen MR) is 67.7 cm³/mol. The van der Waals surface area contributed by atoms with Gasteiger partial charge in [0.1, 0.15) is 5.82 Å². The molecule has 2 N–H and O–H groups in total. The Morgan fingerprint density at radius 2 is 1.80 bits per heavy atom. The first-order valence-electron chi connectivity index (χ1n) is 5.64. The molecule has 0 radical (unpaired) electrons. The molecule has 2 aromatic carbocycles. The van der Waals surface area contributed by atoms with Crippen LogP contribution in [-0.4, -0.2) is 11.1 Å². The highest BCUT2D eigenvalue weighted by atomic mass is 19.2. The van der Waals surface area contributed by atoms with Gasteiger partial charge in [-0.3, -0.25) is 0 Å².